The molecule has 1 aromatic carbocycles. The Balaban J connectivity index is 1.70. The highest BCUT2D eigenvalue weighted by atomic mass is 16.5. The fraction of sp³-hybridized carbons (Fsp3) is 0.412. The average molecular weight is 316 g/mol. The average Bonchev–Trinajstić information content (AvgIpc) is 3.14. The van der Waals surface area contributed by atoms with E-state index in [1.165, 1.54) is 7.11 Å². The number of rotatable bonds is 2. The van der Waals surface area contributed by atoms with Gasteiger partial charge >= 0.3 is 6.09 Å². The van der Waals surface area contributed by atoms with Gasteiger partial charge in [0.05, 0.1) is 7.11 Å². The van der Waals surface area contributed by atoms with Gasteiger partial charge in [0.1, 0.15) is 5.58 Å². The summed E-state index contributed by atoms with van der Waals surface area (Å²) in [5.41, 5.74) is 3.00. The number of furan rings is 1. The number of nitrogens with one attached hydrogen (secondary N) is 1. The minimum Gasteiger partial charge on any atom is -0.453 e. The van der Waals surface area contributed by atoms with Gasteiger partial charge in [-0.25, -0.2) is 4.79 Å². The third-order valence-electron chi connectivity index (χ3n) is 4.31. The second-order valence-corrected chi connectivity index (χ2v) is 5.96. The SMILES string of the molecule is COC(=O)N1CCC(NC(=O)c2cc3cc(C)c(C)cc3o2)C1. The van der Waals surface area contributed by atoms with E-state index in [0.717, 1.165) is 16.5 Å². The predicted molar refractivity (Wildman–Crippen MR) is 85.5 cm³/mol. The van der Waals surface area contributed by atoms with Crippen molar-refractivity contribution in [3.63, 3.8) is 0 Å². The summed E-state index contributed by atoms with van der Waals surface area (Å²) < 4.78 is 10.3. The van der Waals surface area contributed by atoms with Gasteiger partial charge in [-0.1, -0.05) is 0 Å². The zero-order valence-corrected chi connectivity index (χ0v) is 13.5. The quantitative estimate of drug-likeness (QED) is 0.924. The molecule has 23 heavy (non-hydrogen) atoms. The van der Waals surface area contributed by atoms with Crippen molar-refractivity contribution in [1.82, 2.24) is 10.2 Å². The van der Waals surface area contributed by atoms with Crippen molar-refractivity contribution < 1.29 is 18.7 Å². The Bertz CT molecular complexity index is 726. The molecule has 6 nitrogen and oxygen atoms in total. The van der Waals surface area contributed by atoms with Gasteiger partial charge < -0.3 is 19.4 Å². The summed E-state index contributed by atoms with van der Waals surface area (Å²) in [5.74, 6) is 0.0368. The van der Waals surface area contributed by atoms with Gasteiger partial charge in [0.15, 0.2) is 5.76 Å². The smallest absolute Gasteiger partial charge is 0.409 e. The van der Waals surface area contributed by atoms with Crippen LogP contribution in [0.4, 0.5) is 4.79 Å². The molecule has 2 aromatic rings. The normalized spacial score (nSPS) is 17.5. The highest BCUT2D eigenvalue weighted by Gasteiger charge is 2.28. The molecule has 0 spiro atoms. The lowest BCUT2D eigenvalue weighted by Crippen LogP contribution is -2.38. The number of hydrogen-bond acceptors (Lipinski definition) is 4. The summed E-state index contributed by atoms with van der Waals surface area (Å²) >= 11 is 0. The molecular weight excluding hydrogens is 296 g/mol. The number of amides is 2. The Hall–Kier alpha value is -2.50. The Morgan fingerprint density at radius 2 is 2.00 bits per heavy atom. The zero-order chi connectivity index (χ0) is 16.6. The predicted octanol–water partition coefficient (Wildman–Crippen LogP) is 2.62. The number of carbonyl (C=O) groups is 2. The van der Waals surface area contributed by atoms with Crippen LogP contribution < -0.4 is 5.32 Å². The second kappa shape index (κ2) is 5.95. The zero-order valence-electron chi connectivity index (χ0n) is 13.5. The first-order valence-corrected chi connectivity index (χ1v) is 7.62. The van der Waals surface area contributed by atoms with Crippen LogP contribution in [0.1, 0.15) is 28.1 Å². The van der Waals surface area contributed by atoms with Gasteiger partial charge in [0.2, 0.25) is 0 Å². The van der Waals surface area contributed by atoms with Gasteiger partial charge in [-0.3, -0.25) is 4.79 Å². The molecule has 2 amide bonds. The van der Waals surface area contributed by atoms with Crippen LogP contribution in [0.5, 0.6) is 0 Å². The molecule has 2 heterocycles. The van der Waals surface area contributed by atoms with Crippen molar-refractivity contribution in [2.45, 2.75) is 26.3 Å². The summed E-state index contributed by atoms with van der Waals surface area (Å²) in [6, 6.07) is 5.62. The molecule has 1 aliphatic rings. The summed E-state index contributed by atoms with van der Waals surface area (Å²) in [4.78, 5) is 25.4. The van der Waals surface area contributed by atoms with E-state index in [4.69, 9.17) is 9.15 Å². The van der Waals surface area contributed by atoms with E-state index in [2.05, 4.69) is 5.32 Å². The number of ether oxygens (including phenoxy) is 1. The largest absolute Gasteiger partial charge is 0.453 e. The van der Waals surface area contributed by atoms with Gasteiger partial charge in [-0.05, 0) is 49.6 Å². The lowest BCUT2D eigenvalue weighted by atomic mass is 10.1. The Morgan fingerprint density at radius 1 is 1.26 bits per heavy atom. The standard InChI is InChI=1S/C17H20N2O4/c1-10-6-12-8-15(23-14(12)7-11(10)2)16(20)18-13-4-5-19(9-13)17(21)22-3/h6-8,13H,4-5,9H2,1-3H3,(H,18,20). The Labute approximate surface area is 134 Å². The minimum absolute atomic E-state index is 0.0849. The number of fused-ring (bicyclic) bond motifs is 1. The fourth-order valence-electron chi connectivity index (χ4n) is 2.84. The van der Waals surface area contributed by atoms with Crippen molar-refractivity contribution >= 4 is 23.0 Å². The van der Waals surface area contributed by atoms with E-state index >= 15 is 0 Å². The molecule has 1 saturated heterocycles. The summed E-state index contributed by atoms with van der Waals surface area (Å²) in [5, 5.41) is 3.83. The van der Waals surface area contributed by atoms with Crippen molar-refractivity contribution in [2.75, 3.05) is 20.2 Å². The van der Waals surface area contributed by atoms with Crippen molar-refractivity contribution in [2.24, 2.45) is 0 Å². The number of methoxy groups -OCH3 is 1. The Kier molecular flexibility index (Phi) is 3.98. The summed E-state index contributed by atoms with van der Waals surface area (Å²) in [7, 11) is 1.35. The molecule has 1 N–H and O–H groups in total. The minimum atomic E-state index is -0.364. The maximum Gasteiger partial charge on any atom is 0.409 e. The first-order valence-electron chi connectivity index (χ1n) is 7.62. The lowest BCUT2D eigenvalue weighted by Gasteiger charge is -2.14. The third-order valence-corrected chi connectivity index (χ3v) is 4.31. The number of aryl methyl sites for hydroxylation is 2. The lowest BCUT2D eigenvalue weighted by molar-refractivity contribution is 0.0908. The van der Waals surface area contributed by atoms with Crippen molar-refractivity contribution in [1.29, 1.82) is 0 Å². The van der Waals surface area contributed by atoms with Gasteiger partial charge in [-0.2, -0.15) is 0 Å². The fourth-order valence-corrected chi connectivity index (χ4v) is 2.84. The van der Waals surface area contributed by atoms with Crippen LogP contribution in [0.2, 0.25) is 0 Å². The van der Waals surface area contributed by atoms with Crippen LogP contribution >= 0.6 is 0 Å². The van der Waals surface area contributed by atoms with E-state index < -0.39 is 0 Å². The number of nitrogens with zero attached hydrogens (tertiary/aromatic N) is 1. The molecule has 1 unspecified atom stereocenters. The molecule has 1 aromatic heterocycles. The number of hydrogen-bond donors (Lipinski definition) is 1. The first kappa shape index (κ1) is 15.4. The van der Waals surface area contributed by atoms with E-state index in [1.54, 1.807) is 11.0 Å². The molecule has 0 bridgehead atoms. The van der Waals surface area contributed by atoms with Gasteiger partial charge in [-0.15, -0.1) is 0 Å². The van der Waals surface area contributed by atoms with Gasteiger partial charge in [0.25, 0.3) is 5.91 Å². The van der Waals surface area contributed by atoms with Crippen LogP contribution in [0.3, 0.4) is 0 Å². The van der Waals surface area contributed by atoms with E-state index in [-0.39, 0.29) is 18.0 Å². The Morgan fingerprint density at radius 3 is 2.74 bits per heavy atom. The first-order chi connectivity index (χ1) is 11.0. The van der Waals surface area contributed by atoms with Crippen LogP contribution in [0.25, 0.3) is 11.0 Å². The molecule has 122 valence electrons. The second-order valence-electron chi connectivity index (χ2n) is 5.96. The maximum atomic E-state index is 12.3. The van der Waals surface area contributed by atoms with Crippen molar-refractivity contribution in [3.8, 4) is 0 Å². The molecule has 1 aliphatic heterocycles. The highest BCUT2D eigenvalue weighted by Crippen LogP contribution is 2.23. The highest BCUT2D eigenvalue weighted by molar-refractivity contribution is 5.96. The van der Waals surface area contributed by atoms with Gasteiger partial charge in [0, 0.05) is 24.5 Å². The molecule has 0 radical (unpaired) electrons. The third kappa shape index (κ3) is 3.02. The molecule has 6 heteroatoms. The summed E-state index contributed by atoms with van der Waals surface area (Å²) in [6.45, 7) is 5.07. The molecule has 0 aliphatic carbocycles. The van der Waals surface area contributed by atoms with Crippen LogP contribution in [-0.4, -0.2) is 43.1 Å². The number of carbonyl (C=O) groups excluding carboxylic acids is 2. The molecule has 1 atom stereocenters. The van der Waals surface area contributed by atoms with Crippen molar-refractivity contribution in [3.05, 3.63) is 35.1 Å². The van der Waals surface area contributed by atoms with E-state index in [0.29, 0.717) is 30.9 Å². The number of likely N-dealkylation sites (tertiary alicyclic amines) is 1. The number of benzene rings is 1. The van der Waals surface area contributed by atoms with E-state index in [1.807, 2.05) is 26.0 Å². The van der Waals surface area contributed by atoms with Crippen LogP contribution in [-0.2, 0) is 4.74 Å². The summed E-state index contributed by atoms with van der Waals surface area (Å²) in [6.07, 6.45) is 0.343. The molecular formula is C17H20N2O4. The van der Waals surface area contributed by atoms with Crippen LogP contribution in [0.15, 0.2) is 22.6 Å². The monoisotopic (exact) mass is 316 g/mol. The molecule has 0 saturated carbocycles. The maximum absolute atomic E-state index is 12.3. The topological polar surface area (TPSA) is 71.8 Å². The molecule has 1 fully saturated rings. The molecule has 3 rings (SSSR count). The van der Waals surface area contributed by atoms with E-state index in [9.17, 15) is 9.59 Å². The van der Waals surface area contributed by atoms with Crippen LogP contribution in [0, 0.1) is 13.8 Å².